The van der Waals surface area contributed by atoms with Crippen LogP contribution in [0.2, 0.25) is 0 Å². The maximum atomic E-state index is 11.5. The van der Waals surface area contributed by atoms with E-state index in [1.54, 1.807) is 0 Å². The standard InChI is InChI=1S/C18H21N3O4/c1-12-3-4-14(9-13(12)2)25-11-16-15(17(22)23)10-19-18(20-16)21-5-7-24-8-6-21/h3-4,9-10H,5-8,11H2,1-2H3,(H,22,23). The molecule has 7 heteroatoms. The van der Waals surface area contributed by atoms with E-state index < -0.39 is 5.97 Å². The molecule has 25 heavy (non-hydrogen) atoms. The van der Waals surface area contributed by atoms with E-state index in [1.807, 2.05) is 36.9 Å². The highest BCUT2D eigenvalue weighted by Crippen LogP contribution is 2.19. The van der Waals surface area contributed by atoms with Gasteiger partial charge in [0.05, 0.1) is 18.9 Å². The fraction of sp³-hybridized carbons (Fsp3) is 0.389. The molecule has 0 amide bonds. The van der Waals surface area contributed by atoms with Crippen molar-refractivity contribution in [2.24, 2.45) is 0 Å². The number of carboxylic acid groups (broad SMARTS) is 1. The van der Waals surface area contributed by atoms with Crippen molar-refractivity contribution in [3.63, 3.8) is 0 Å². The Kier molecular flexibility index (Phi) is 5.14. The average molecular weight is 343 g/mol. The van der Waals surface area contributed by atoms with Crippen molar-refractivity contribution >= 4 is 11.9 Å². The predicted molar refractivity (Wildman–Crippen MR) is 92.3 cm³/mol. The topological polar surface area (TPSA) is 84.8 Å². The van der Waals surface area contributed by atoms with Gasteiger partial charge in [0.1, 0.15) is 17.9 Å². The number of hydrogen-bond acceptors (Lipinski definition) is 6. The third kappa shape index (κ3) is 4.06. The number of carbonyl (C=O) groups is 1. The summed E-state index contributed by atoms with van der Waals surface area (Å²) in [5.41, 5.74) is 2.71. The van der Waals surface area contributed by atoms with E-state index in [4.69, 9.17) is 9.47 Å². The Morgan fingerprint density at radius 3 is 2.72 bits per heavy atom. The Morgan fingerprint density at radius 1 is 1.28 bits per heavy atom. The molecule has 0 spiro atoms. The van der Waals surface area contributed by atoms with E-state index in [0.717, 1.165) is 5.56 Å². The van der Waals surface area contributed by atoms with E-state index in [2.05, 4.69) is 9.97 Å². The number of carboxylic acids is 1. The molecule has 0 atom stereocenters. The van der Waals surface area contributed by atoms with E-state index in [1.165, 1.54) is 11.8 Å². The number of aromatic carboxylic acids is 1. The highest BCUT2D eigenvalue weighted by Gasteiger charge is 2.19. The fourth-order valence-electron chi connectivity index (χ4n) is 2.57. The summed E-state index contributed by atoms with van der Waals surface area (Å²) in [6.07, 6.45) is 1.35. The van der Waals surface area contributed by atoms with Crippen molar-refractivity contribution in [1.29, 1.82) is 0 Å². The Labute approximate surface area is 146 Å². The maximum absolute atomic E-state index is 11.5. The van der Waals surface area contributed by atoms with Crippen LogP contribution in [0, 0.1) is 13.8 Å². The number of nitrogens with zero attached hydrogens (tertiary/aromatic N) is 3. The first-order chi connectivity index (χ1) is 12.0. The number of benzene rings is 1. The van der Waals surface area contributed by atoms with Crippen LogP contribution in [-0.2, 0) is 11.3 Å². The van der Waals surface area contributed by atoms with Crippen LogP contribution in [0.4, 0.5) is 5.95 Å². The summed E-state index contributed by atoms with van der Waals surface area (Å²) in [7, 11) is 0. The Balaban J connectivity index is 1.81. The van der Waals surface area contributed by atoms with Gasteiger partial charge in [-0.3, -0.25) is 0 Å². The monoisotopic (exact) mass is 343 g/mol. The molecule has 2 aromatic rings. The van der Waals surface area contributed by atoms with Crippen LogP contribution in [0.5, 0.6) is 5.75 Å². The van der Waals surface area contributed by atoms with Gasteiger partial charge in [-0.15, -0.1) is 0 Å². The number of hydrogen-bond donors (Lipinski definition) is 1. The Hall–Kier alpha value is -2.67. The van der Waals surface area contributed by atoms with Crippen LogP contribution in [0.25, 0.3) is 0 Å². The largest absolute Gasteiger partial charge is 0.487 e. The molecule has 0 radical (unpaired) electrons. The van der Waals surface area contributed by atoms with Crippen LogP contribution in [0.15, 0.2) is 24.4 Å². The molecule has 1 aliphatic rings. The van der Waals surface area contributed by atoms with Gasteiger partial charge in [-0.1, -0.05) is 6.07 Å². The summed E-state index contributed by atoms with van der Waals surface area (Å²) in [6.45, 7) is 6.70. The summed E-state index contributed by atoms with van der Waals surface area (Å²) in [5.74, 6) is 0.130. The van der Waals surface area contributed by atoms with Crippen LogP contribution in [0.1, 0.15) is 27.2 Å². The second kappa shape index (κ2) is 7.48. The molecular weight excluding hydrogens is 322 g/mol. The van der Waals surface area contributed by atoms with Crippen LogP contribution < -0.4 is 9.64 Å². The smallest absolute Gasteiger partial charge is 0.339 e. The van der Waals surface area contributed by atoms with Crippen molar-refractivity contribution in [2.45, 2.75) is 20.5 Å². The molecule has 1 saturated heterocycles. The predicted octanol–water partition coefficient (Wildman–Crippen LogP) is 2.21. The number of ether oxygens (including phenoxy) is 2. The molecule has 1 aliphatic heterocycles. The van der Waals surface area contributed by atoms with E-state index in [9.17, 15) is 9.90 Å². The third-order valence-corrected chi connectivity index (χ3v) is 4.23. The molecule has 0 aliphatic carbocycles. The summed E-state index contributed by atoms with van der Waals surface area (Å²) in [4.78, 5) is 22.0. The lowest BCUT2D eigenvalue weighted by Crippen LogP contribution is -2.37. The molecule has 0 saturated carbocycles. The van der Waals surface area contributed by atoms with Crippen LogP contribution in [-0.4, -0.2) is 47.3 Å². The maximum Gasteiger partial charge on any atom is 0.339 e. The molecular formula is C18H21N3O4. The molecule has 0 bridgehead atoms. The SMILES string of the molecule is Cc1ccc(OCc2nc(N3CCOCC3)ncc2C(=O)O)cc1C. The van der Waals surface area contributed by atoms with Crippen molar-refractivity contribution in [3.8, 4) is 5.75 Å². The lowest BCUT2D eigenvalue weighted by molar-refractivity contribution is 0.0692. The fourth-order valence-corrected chi connectivity index (χ4v) is 2.57. The summed E-state index contributed by atoms with van der Waals surface area (Å²) in [5, 5.41) is 9.38. The lowest BCUT2D eigenvalue weighted by Gasteiger charge is -2.27. The van der Waals surface area contributed by atoms with Gasteiger partial charge in [0.15, 0.2) is 0 Å². The van der Waals surface area contributed by atoms with E-state index >= 15 is 0 Å². The molecule has 132 valence electrons. The highest BCUT2D eigenvalue weighted by molar-refractivity contribution is 5.88. The quantitative estimate of drug-likeness (QED) is 0.891. The molecule has 1 fully saturated rings. The molecule has 1 N–H and O–H groups in total. The zero-order valence-corrected chi connectivity index (χ0v) is 14.4. The molecule has 2 heterocycles. The van der Waals surface area contributed by atoms with Gasteiger partial charge in [-0.05, 0) is 37.1 Å². The van der Waals surface area contributed by atoms with Crippen molar-refractivity contribution < 1.29 is 19.4 Å². The van der Waals surface area contributed by atoms with Gasteiger partial charge in [0, 0.05) is 19.3 Å². The molecule has 3 rings (SSSR count). The first-order valence-electron chi connectivity index (χ1n) is 8.16. The van der Waals surface area contributed by atoms with Crippen molar-refractivity contribution in [3.05, 3.63) is 46.8 Å². The lowest BCUT2D eigenvalue weighted by atomic mass is 10.1. The van der Waals surface area contributed by atoms with Gasteiger partial charge in [0.2, 0.25) is 5.95 Å². The van der Waals surface area contributed by atoms with E-state index in [-0.39, 0.29) is 12.2 Å². The van der Waals surface area contributed by atoms with Gasteiger partial charge < -0.3 is 19.5 Å². The van der Waals surface area contributed by atoms with Crippen molar-refractivity contribution in [2.75, 3.05) is 31.2 Å². The van der Waals surface area contributed by atoms with Gasteiger partial charge in [0.25, 0.3) is 0 Å². The Bertz CT molecular complexity index is 773. The Morgan fingerprint density at radius 2 is 2.04 bits per heavy atom. The molecule has 7 nitrogen and oxygen atoms in total. The van der Waals surface area contributed by atoms with Gasteiger partial charge >= 0.3 is 5.97 Å². The minimum Gasteiger partial charge on any atom is -0.487 e. The number of morpholine rings is 1. The zero-order chi connectivity index (χ0) is 17.8. The number of aryl methyl sites for hydroxylation is 2. The summed E-state index contributed by atoms with van der Waals surface area (Å²) >= 11 is 0. The molecule has 0 unspecified atom stereocenters. The zero-order valence-electron chi connectivity index (χ0n) is 14.4. The van der Waals surface area contributed by atoms with Gasteiger partial charge in [-0.25, -0.2) is 14.8 Å². The normalized spacial score (nSPS) is 14.4. The van der Waals surface area contributed by atoms with Crippen LogP contribution in [0.3, 0.4) is 0 Å². The van der Waals surface area contributed by atoms with Gasteiger partial charge in [-0.2, -0.15) is 0 Å². The van der Waals surface area contributed by atoms with E-state index in [0.29, 0.717) is 43.7 Å². The second-order valence-corrected chi connectivity index (χ2v) is 5.97. The molecule has 1 aromatic carbocycles. The highest BCUT2D eigenvalue weighted by atomic mass is 16.5. The first-order valence-corrected chi connectivity index (χ1v) is 8.16. The van der Waals surface area contributed by atoms with Crippen LogP contribution >= 0.6 is 0 Å². The number of anilines is 1. The summed E-state index contributed by atoms with van der Waals surface area (Å²) < 4.78 is 11.1. The molecule has 1 aromatic heterocycles. The minimum absolute atomic E-state index is 0.0563. The van der Waals surface area contributed by atoms with Crippen molar-refractivity contribution in [1.82, 2.24) is 9.97 Å². The summed E-state index contributed by atoms with van der Waals surface area (Å²) in [6, 6.07) is 5.77. The number of aromatic nitrogens is 2. The average Bonchev–Trinajstić information content (AvgIpc) is 2.63. The third-order valence-electron chi connectivity index (χ3n) is 4.23. The first kappa shape index (κ1) is 17.2. The number of rotatable bonds is 5. The second-order valence-electron chi connectivity index (χ2n) is 5.97. The minimum atomic E-state index is -1.06.